The van der Waals surface area contributed by atoms with E-state index in [1.54, 1.807) is 0 Å². The molecule has 13 heteroatoms. The first-order chi connectivity index (χ1) is 17.6. The Kier molecular flexibility index (Phi) is 5.84. The first kappa shape index (κ1) is 26.1. The lowest BCUT2D eigenvalue weighted by Gasteiger charge is -2.52. The lowest BCUT2D eigenvalue weighted by atomic mass is 9.61. The highest BCUT2D eigenvalue weighted by atomic mass is 19.4. The highest BCUT2D eigenvalue weighted by molar-refractivity contribution is 5.79. The molecule has 5 rings (SSSR count). The van der Waals surface area contributed by atoms with Crippen molar-refractivity contribution in [2.75, 3.05) is 18.4 Å². The van der Waals surface area contributed by atoms with Crippen LogP contribution in [0, 0.1) is 34.2 Å². The van der Waals surface area contributed by atoms with Crippen LogP contribution >= 0.6 is 0 Å². The normalized spacial score (nSPS) is 23.8. The maximum absolute atomic E-state index is 14.7. The molecular weight excluding hydrogens is 516 g/mol. The zero-order valence-electron chi connectivity index (χ0n) is 20.7. The van der Waals surface area contributed by atoms with Gasteiger partial charge >= 0.3 is 12.3 Å². The molecule has 2 N–H and O–H groups in total. The zero-order valence-corrected chi connectivity index (χ0v) is 20.7. The van der Waals surface area contributed by atoms with Crippen molar-refractivity contribution in [2.45, 2.75) is 45.8 Å². The summed E-state index contributed by atoms with van der Waals surface area (Å²) in [5, 5.41) is 17.1. The Balaban J connectivity index is 1.62. The molecule has 1 saturated heterocycles. The van der Waals surface area contributed by atoms with Crippen molar-refractivity contribution >= 4 is 17.7 Å². The fraction of sp³-hybridized carbons (Fsp3) is 0.480. The molecule has 1 aromatic carbocycles. The lowest BCUT2D eigenvalue weighted by Crippen LogP contribution is -2.60. The van der Waals surface area contributed by atoms with E-state index in [2.05, 4.69) is 15.4 Å². The van der Waals surface area contributed by atoms with E-state index in [9.17, 15) is 36.2 Å². The van der Waals surface area contributed by atoms with Gasteiger partial charge in [-0.05, 0) is 42.4 Å². The van der Waals surface area contributed by atoms with Gasteiger partial charge in [0.05, 0.1) is 5.56 Å². The molecule has 1 aliphatic carbocycles. The van der Waals surface area contributed by atoms with Gasteiger partial charge in [-0.25, -0.2) is 22.5 Å². The molecule has 2 aliphatic rings. The van der Waals surface area contributed by atoms with Crippen molar-refractivity contribution in [3.05, 3.63) is 47.4 Å². The number of benzene rings is 1. The number of piperidine rings is 1. The number of carboxylic acid groups (broad SMARTS) is 1. The molecule has 2 aromatic heterocycles. The van der Waals surface area contributed by atoms with Gasteiger partial charge in [0, 0.05) is 41.9 Å². The second-order valence-electron chi connectivity index (χ2n) is 11.1. The lowest BCUT2D eigenvalue weighted by molar-refractivity contribution is -0.137. The molecule has 7 nitrogen and oxygen atoms in total. The number of hydrogen-bond acceptors (Lipinski definition) is 4. The van der Waals surface area contributed by atoms with Gasteiger partial charge in [0.2, 0.25) is 5.95 Å². The Hall–Kier alpha value is -3.51. The Bertz CT molecular complexity index is 1430. The molecule has 3 heterocycles. The van der Waals surface area contributed by atoms with Crippen LogP contribution in [0.3, 0.4) is 0 Å². The summed E-state index contributed by atoms with van der Waals surface area (Å²) in [4.78, 5) is 17.5. The standard InChI is InChI=1S/C25H25F6N5O2/c1-23(2,3)24-7-6-12(9-35(11-24)22(37)38)19(24)32-21-33-20-15(14-4-5-16(26)18(28)17(14)27)8-13(25(29,30)31)10-36(20)34-21/h4-5,8,10,12,19H,6-7,9,11H2,1-3H3,(H,32,34)(H,37,38). The summed E-state index contributed by atoms with van der Waals surface area (Å²) in [6.07, 6.45) is -3.71. The highest BCUT2D eigenvalue weighted by Crippen LogP contribution is 2.57. The maximum atomic E-state index is 14.7. The molecular formula is C25H25F6N5O2. The molecule has 0 spiro atoms. The van der Waals surface area contributed by atoms with Crippen LogP contribution in [-0.4, -0.2) is 49.8 Å². The molecule has 0 radical (unpaired) electrons. The minimum atomic E-state index is -4.84. The Morgan fingerprint density at radius 2 is 1.84 bits per heavy atom. The summed E-state index contributed by atoms with van der Waals surface area (Å²) < 4.78 is 84.0. The van der Waals surface area contributed by atoms with E-state index in [0.29, 0.717) is 18.3 Å². The smallest absolute Gasteiger partial charge is 0.417 e. The van der Waals surface area contributed by atoms with E-state index < -0.39 is 51.8 Å². The second-order valence-corrected chi connectivity index (χ2v) is 11.1. The van der Waals surface area contributed by atoms with Crippen LogP contribution in [0.2, 0.25) is 0 Å². The number of fused-ring (bicyclic) bond motifs is 3. The molecule has 1 aliphatic heterocycles. The number of nitrogens with one attached hydrogen (secondary N) is 1. The van der Waals surface area contributed by atoms with Crippen LogP contribution in [0.4, 0.5) is 37.1 Å². The van der Waals surface area contributed by atoms with Gasteiger partial charge in [-0.1, -0.05) is 20.8 Å². The predicted molar refractivity (Wildman–Crippen MR) is 125 cm³/mol. The van der Waals surface area contributed by atoms with Crippen LogP contribution in [0.15, 0.2) is 24.4 Å². The average molecular weight is 541 g/mol. The number of rotatable bonds is 3. The number of nitrogens with zero attached hydrogens (tertiary/aromatic N) is 4. The van der Waals surface area contributed by atoms with Crippen molar-refractivity contribution in [1.29, 1.82) is 0 Å². The van der Waals surface area contributed by atoms with E-state index in [4.69, 9.17) is 0 Å². The van der Waals surface area contributed by atoms with E-state index >= 15 is 0 Å². The van der Waals surface area contributed by atoms with Crippen molar-refractivity contribution in [2.24, 2.45) is 16.7 Å². The molecule has 3 unspecified atom stereocenters. The molecule has 3 atom stereocenters. The first-order valence-corrected chi connectivity index (χ1v) is 12.0. The minimum Gasteiger partial charge on any atom is -0.465 e. The molecule has 3 aromatic rings. The van der Waals surface area contributed by atoms with Crippen LogP contribution in [-0.2, 0) is 6.18 Å². The quantitative estimate of drug-likeness (QED) is 0.312. The topological polar surface area (TPSA) is 82.8 Å². The van der Waals surface area contributed by atoms with E-state index in [1.165, 1.54) is 4.90 Å². The molecule has 38 heavy (non-hydrogen) atoms. The third-order valence-electron chi connectivity index (χ3n) is 8.09. The Labute approximate surface area is 213 Å². The minimum absolute atomic E-state index is 0.0390. The maximum Gasteiger partial charge on any atom is 0.417 e. The first-order valence-electron chi connectivity index (χ1n) is 12.0. The Morgan fingerprint density at radius 3 is 2.47 bits per heavy atom. The van der Waals surface area contributed by atoms with Crippen LogP contribution in [0.25, 0.3) is 16.8 Å². The number of carbonyl (C=O) groups is 1. The number of likely N-dealkylation sites (tertiary alicyclic amines) is 1. The molecule has 2 fully saturated rings. The van der Waals surface area contributed by atoms with Crippen molar-refractivity contribution in [3.8, 4) is 11.1 Å². The zero-order chi connectivity index (χ0) is 27.8. The third-order valence-corrected chi connectivity index (χ3v) is 8.09. The van der Waals surface area contributed by atoms with Crippen molar-refractivity contribution in [1.82, 2.24) is 19.5 Å². The average Bonchev–Trinajstić information content (AvgIpc) is 3.30. The van der Waals surface area contributed by atoms with E-state index in [-0.39, 0.29) is 42.1 Å². The van der Waals surface area contributed by atoms with Crippen LogP contribution < -0.4 is 5.32 Å². The summed E-state index contributed by atoms with van der Waals surface area (Å²) in [6, 6.07) is 1.80. The summed E-state index contributed by atoms with van der Waals surface area (Å²) in [5.74, 6) is -5.07. The summed E-state index contributed by atoms with van der Waals surface area (Å²) >= 11 is 0. The van der Waals surface area contributed by atoms with Crippen molar-refractivity contribution in [3.63, 3.8) is 0 Å². The van der Waals surface area contributed by atoms with E-state index in [0.717, 1.165) is 23.4 Å². The van der Waals surface area contributed by atoms with Crippen LogP contribution in [0.1, 0.15) is 39.2 Å². The Morgan fingerprint density at radius 1 is 1.13 bits per heavy atom. The largest absolute Gasteiger partial charge is 0.465 e. The fourth-order valence-electron chi connectivity index (χ4n) is 6.03. The van der Waals surface area contributed by atoms with E-state index in [1.807, 2.05) is 20.8 Å². The van der Waals surface area contributed by atoms with Gasteiger partial charge in [0.25, 0.3) is 0 Å². The number of alkyl halides is 3. The number of anilines is 1. The molecule has 2 bridgehead atoms. The molecule has 1 saturated carbocycles. The monoisotopic (exact) mass is 541 g/mol. The summed E-state index contributed by atoms with van der Waals surface area (Å²) in [5.41, 5.74) is -3.24. The van der Waals surface area contributed by atoms with Gasteiger partial charge in [0.15, 0.2) is 23.1 Å². The fourth-order valence-corrected chi connectivity index (χ4v) is 6.03. The molecule has 1 amide bonds. The second kappa shape index (κ2) is 8.50. The van der Waals surface area contributed by atoms with Crippen LogP contribution in [0.5, 0.6) is 0 Å². The van der Waals surface area contributed by atoms with Gasteiger partial charge in [-0.15, -0.1) is 5.10 Å². The number of halogens is 6. The highest BCUT2D eigenvalue weighted by Gasteiger charge is 2.59. The van der Waals surface area contributed by atoms with Gasteiger partial charge in [-0.2, -0.15) is 18.2 Å². The predicted octanol–water partition coefficient (Wildman–Crippen LogP) is 6.05. The third kappa shape index (κ3) is 4.02. The van der Waals surface area contributed by atoms with Gasteiger partial charge < -0.3 is 15.3 Å². The molecule has 204 valence electrons. The SMILES string of the molecule is CC(C)(C)C12CCC(CN(C(=O)O)C1)C2Nc1nc2c(-c3ccc(F)c(F)c3F)cc(C(F)(F)F)cn2n1. The summed E-state index contributed by atoms with van der Waals surface area (Å²) in [6.45, 7) is 6.56. The number of pyridine rings is 1. The van der Waals surface area contributed by atoms with Crippen molar-refractivity contribution < 1.29 is 36.2 Å². The summed E-state index contributed by atoms with van der Waals surface area (Å²) in [7, 11) is 0. The number of amides is 1. The number of aromatic nitrogens is 3. The van der Waals surface area contributed by atoms with Gasteiger partial charge in [-0.3, -0.25) is 0 Å². The van der Waals surface area contributed by atoms with Gasteiger partial charge in [0.1, 0.15) is 0 Å². The number of hydrogen-bond donors (Lipinski definition) is 2.